The van der Waals surface area contributed by atoms with Crippen LogP contribution in [0.15, 0.2) is 23.1 Å². The molecule has 2 rings (SSSR count). The number of likely N-dealkylation sites (N-methyl/N-ethyl adjacent to an activating group) is 1. The summed E-state index contributed by atoms with van der Waals surface area (Å²) in [6.45, 7) is 2.94. The molecule has 1 aliphatic rings. The Balaban J connectivity index is 2.18. The first kappa shape index (κ1) is 14.8. The smallest absolute Gasteiger partial charge is 0.242 e. The Morgan fingerprint density at radius 3 is 2.79 bits per heavy atom. The number of ether oxygens (including phenoxy) is 1. The number of rotatable bonds is 4. The Morgan fingerprint density at radius 1 is 1.47 bits per heavy atom. The largest absolute Gasteiger partial charge is 0.377 e. The molecule has 0 aliphatic carbocycles. The average Bonchev–Trinajstić information content (AvgIpc) is 2.85. The first-order chi connectivity index (χ1) is 8.91. The van der Waals surface area contributed by atoms with E-state index in [1.165, 1.54) is 10.4 Å². The molecule has 1 unspecified atom stereocenters. The molecule has 1 atom stereocenters. The van der Waals surface area contributed by atoms with Crippen LogP contribution in [0.3, 0.4) is 0 Å². The summed E-state index contributed by atoms with van der Waals surface area (Å²) in [6, 6.07) is 4.80. The van der Waals surface area contributed by atoms with Crippen LogP contribution in [0.5, 0.6) is 0 Å². The first-order valence-electron chi connectivity index (χ1n) is 6.25. The van der Waals surface area contributed by atoms with Crippen LogP contribution in [-0.4, -0.2) is 39.0 Å². The highest BCUT2D eigenvalue weighted by molar-refractivity contribution is 7.89. The van der Waals surface area contributed by atoms with Crippen LogP contribution in [0.1, 0.15) is 18.4 Å². The number of nitrogens with zero attached hydrogens (tertiary/aromatic N) is 1. The van der Waals surface area contributed by atoms with Crippen molar-refractivity contribution in [1.29, 1.82) is 0 Å². The lowest BCUT2D eigenvalue weighted by Gasteiger charge is -2.20. The highest BCUT2D eigenvalue weighted by Crippen LogP contribution is 2.23. The Hall–Kier alpha value is -0.620. The predicted molar refractivity (Wildman–Crippen MR) is 75.0 cm³/mol. The van der Waals surface area contributed by atoms with Gasteiger partial charge in [-0.1, -0.05) is 17.7 Å². The van der Waals surface area contributed by atoms with Crippen LogP contribution in [-0.2, 0) is 14.8 Å². The van der Waals surface area contributed by atoms with Gasteiger partial charge in [0.05, 0.1) is 11.0 Å². The van der Waals surface area contributed by atoms with E-state index in [4.69, 9.17) is 16.3 Å². The van der Waals surface area contributed by atoms with E-state index in [1.54, 1.807) is 19.2 Å². The fourth-order valence-corrected chi connectivity index (χ4v) is 3.56. The Morgan fingerprint density at radius 2 is 2.21 bits per heavy atom. The van der Waals surface area contributed by atoms with Crippen LogP contribution in [0.2, 0.25) is 5.02 Å². The van der Waals surface area contributed by atoms with Crippen LogP contribution in [0.4, 0.5) is 0 Å². The molecule has 0 saturated carbocycles. The van der Waals surface area contributed by atoms with Gasteiger partial charge in [0.1, 0.15) is 0 Å². The fraction of sp³-hybridized carbons (Fsp3) is 0.538. The third-order valence-electron chi connectivity index (χ3n) is 3.34. The normalized spacial score (nSPS) is 20.1. The van der Waals surface area contributed by atoms with Gasteiger partial charge in [0.25, 0.3) is 0 Å². The maximum atomic E-state index is 12.4. The van der Waals surface area contributed by atoms with E-state index in [0.29, 0.717) is 11.6 Å². The molecule has 1 aromatic rings. The molecule has 0 N–H and O–H groups in total. The predicted octanol–water partition coefficient (Wildman–Crippen LogP) is 2.45. The van der Waals surface area contributed by atoms with E-state index in [0.717, 1.165) is 25.0 Å². The van der Waals surface area contributed by atoms with Crippen molar-refractivity contribution in [2.75, 3.05) is 20.2 Å². The van der Waals surface area contributed by atoms with E-state index >= 15 is 0 Å². The second-order valence-corrected chi connectivity index (χ2v) is 7.28. The molecule has 0 aromatic heterocycles. The van der Waals surface area contributed by atoms with Gasteiger partial charge in [0.2, 0.25) is 10.0 Å². The van der Waals surface area contributed by atoms with Crippen LogP contribution < -0.4 is 0 Å². The number of halogens is 1. The molecule has 1 saturated heterocycles. The minimum absolute atomic E-state index is 0.000644. The zero-order chi connectivity index (χ0) is 14.0. The zero-order valence-electron chi connectivity index (χ0n) is 11.1. The maximum absolute atomic E-state index is 12.4. The summed E-state index contributed by atoms with van der Waals surface area (Å²) >= 11 is 5.99. The van der Waals surface area contributed by atoms with Gasteiger partial charge >= 0.3 is 0 Å². The molecular weight excluding hydrogens is 286 g/mol. The molecule has 6 heteroatoms. The SMILES string of the molecule is Cc1ccc(S(=O)(=O)N(C)CC2CCCO2)cc1Cl. The van der Waals surface area contributed by atoms with Gasteiger partial charge in [0.15, 0.2) is 0 Å². The van der Waals surface area contributed by atoms with Gasteiger partial charge in [-0.2, -0.15) is 4.31 Å². The molecule has 106 valence electrons. The molecule has 19 heavy (non-hydrogen) atoms. The number of benzene rings is 1. The molecule has 1 heterocycles. The molecule has 0 amide bonds. The highest BCUT2D eigenvalue weighted by Gasteiger charge is 2.26. The Kier molecular flexibility index (Phi) is 4.50. The minimum atomic E-state index is -3.50. The van der Waals surface area contributed by atoms with Gasteiger partial charge in [-0.15, -0.1) is 0 Å². The van der Waals surface area contributed by atoms with Crippen molar-refractivity contribution in [3.8, 4) is 0 Å². The minimum Gasteiger partial charge on any atom is -0.377 e. The van der Waals surface area contributed by atoms with Crippen molar-refractivity contribution in [3.05, 3.63) is 28.8 Å². The average molecular weight is 304 g/mol. The first-order valence-corrected chi connectivity index (χ1v) is 8.07. The van der Waals surface area contributed by atoms with Crippen molar-refractivity contribution >= 4 is 21.6 Å². The number of aryl methyl sites for hydroxylation is 1. The topological polar surface area (TPSA) is 46.6 Å². The molecule has 0 spiro atoms. The van der Waals surface area contributed by atoms with Gasteiger partial charge in [0, 0.05) is 25.2 Å². The van der Waals surface area contributed by atoms with Gasteiger partial charge in [-0.05, 0) is 37.5 Å². The van der Waals surface area contributed by atoms with Gasteiger partial charge in [-0.3, -0.25) is 0 Å². The van der Waals surface area contributed by atoms with Crippen LogP contribution >= 0.6 is 11.6 Å². The second kappa shape index (κ2) is 5.79. The lowest BCUT2D eigenvalue weighted by atomic mass is 10.2. The monoisotopic (exact) mass is 303 g/mol. The molecule has 0 bridgehead atoms. The van der Waals surface area contributed by atoms with E-state index in [2.05, 4.69) is 0 Å². The third-order valence-corrected chi connectivity index (χ3v) is 5.56. The fourth-order valence-electron chi connectivity index (χ4n) is 2.09. The molecule has 1 aromatic carbocycles. The lowest BCUT2D eigenvalue weighted by molar-refractivity contribution is 0.0979. The Labute approximate surface area is 119 Å². The van der Waals surface area contributed by atoms with Crippen LogP contribution in [0.25, 0.3) is 0 Å². The van der Waals surface area contributed by atoms with Crippen molar-refractivity contribution in [2.45, 2.75) is 30.8 Å². The summed E-state index contributed by atoms with van der Waals surface area (Å²) in [5.41, 5.74) is 0.863. The molecule has 0 radical (unpaired) electrons. The number of hydrogen-bond donors (Lipinski definition) is 0. The highest BCUT2D eigenvalue weighted by atomic mass is 35.5. The Bertz CT molecular complexity index is 553. The van der Waals surface area contributed by atoms with E-state index in [9.17, 15) is 8.42 Å². The molecule has 4 nitrogen and oxygen atoms in total. The van der Waals surface area contributed by atoms with Gasteiger partial charge < -0.3 is 4.74 Å². The maximum Gasteiger partial charge on any atom is 0.242 e. The summed E-state index contributed by atoms with van der Waals surface area (Å²) in [4.78, 5) is 0.226. The summed E-state index contributed by atoms with van der Waals surface area (Å²) in [6.07, 6.45) is 1.91. The number of sulfonamides is 1. The van der Waals surface area contributed by atoms with E-state index < -0.39 is 10.0 Å². The lowest BCUT2D eigenvalue weighted by Crippen LogP contribution is -2.34. The molecule has 1 fully saturated rings. The summed E-state index contributed by atoms with van der Waals surface area (Å²) in [7, 11) is -1.92. The van der Waals surface area contributed by atoms with Crippen molar-refractivity contribution in [2.24, 2.45) is 0 Å². The second-order valence-electron chi connectivity index (χ2n) is 4.83. The molecular formula is C13H18ClNO3S. The zero-order valence-corrected chi connectivity index (χ0v) is 12.7. The van der Waals surface area contributed by atoms with E-state index in [1.807, 2.05) is 6.92 Å². The van der Waals surface area contributed by atoms with Gasteiger partial charge in [-0.25, -0.2) is 8.42 Å². The number of hydrogen-bond acceptors (Lipinski definition) is 3. The summed E-state index contributed by atoms with van der Waals surface area (Å²) in [5.74, 6) is 0. The quantitative estimate of drug-likeness (QED) is 0.858. The summed E-state index contributed by atoms with van der Waals surface area (Å²) in [5, 5.41) is 0.464. The summed E-state index contributed by atoms with van der Waals surface area (Å²) < 4.78 is 31.6. The standard InChI is InChI=1S/C13H18ClNO3S/c1-10-5-6-12(8-13(10)14)19(16,17)15(2)9-11-4-3-7-18-11/h5-6,8,11H,3-4,7,9H2,1-2H3. The molecule has 1 aliphatic heterocycles. The van der Waals surface area contributed by atoms with Crippen molar-refractivity contribution in [3.63, 3.8) is 0 Å². The van der Waals surface area contributed by atoms with Crippen molar-refractivity contribution < 1.29 is 13.2 Å². The third kappa shape index (κ3) is 3.28. The van der Waals surface area contributed by atoms with Crippen LogP contribution in [0, 0.1) is 6.92 Å². The van der Waals surface area contributed by atoms with E-state index in [-0.39, 0.29) is 11.0 Å². The van der Waals surface area contributed by atoms with Crippen molar-refractivity contribution in [1.82, 2.24) is 4.31 Å².